The van der Waals surface area contributed by atoms with Crippen LogP contribution in [0.1, 0.15) is 23.4 Å². The molecule has 0 fully saturated rings. The average Bonchev–Trinajstić information content (AvgIpc) is 2.96. The lowest BCUT2D eigenvalue weighted by Gasteiger charge is -2.08. The number of hydrogen-bond donors (Lipinski definition) is 1. The summed E-state index contributed by atoms with van der Waals surface area (Å²) in [5.74, 6) is -1.05. The van der Waals surface area contributed by atoms with Gasteiger partial charge < -0.3 is 5.32 Å². The number of rotatable bonds is 4. The summed E-state index contributed by atoms with van der Waals surface area (Å²) in [6.45, 7) is 0.214. The summed E-state index contributed by atoms with van der Waals surface area (Å²) in [6.07, 6.45) is -7.22. The van der Waals surface area contributed by atoms with Crippen molar-refractivity contribution in [2.24, 2.45) is 0 Å². The molecular weight excluding hydrogens is 333 g/mol. The normalized spacial score (nSPS) is 12.1. The highest BCUT2D eigenvalue weighted by Gasteiger charge is 2.37. The van der Waals surface area contributed by atoms with Gasteiger partial charge in [-0.25, -0.2) is 8.78 Å². The lowest BCUT2D eigenvalue weighted by Crippen LogP contribution is -2.13. The summed E-state index contributed by atoms with van der Waals surface area (Å²) in [7, 11) is 0. The van der Waals surface area contributed by atoms with Crippen molar-refractivity contribution in [3.05, 3.63) is 53.3 Å². The van der Waals surface area contributed by atoms with Gasteiger partial charge in [-0.3, -0.25) is 0 Å². The monoisotopic (exact) mass is 343 g/mol. The molecule has 24 heavy (non-hydrogen) atoms. The predicted octanol–water partition coefficient (Wildman–Crippen LogP) is 3.69. The van der Waals surface area contributed by atoms with Crippen LogP contribution in [-0.2, 0) is 12.7 Å². The zero-order valence-electron chi connectivity index (χ0n) is 11.9. The predicted molar refractivity (Wildman–Crippen MR) is 74.5 cm³/mol. The number of nitrogens with one attached hydrogen (secondary N) is 1. The number of anilines is 1. The minimum absolute atomic E-state index is 0.0332. The molecule has 2 heterocycles. The van der Waals surface area contributed by atoms with E-state index in [9.17, 15) is 22.0 Å². The summed E-state index contributed by atoms with van der Waals surface area (Å²) in [6, 6.07) is 8.40. The molecule has 3 aromatic rings. The van der Waals surface area contributed by atoms with Gasteiger partial charge in [0.25, 0.3) is 12.2 Å². The van der Waals surface area contributed by atoms with Gasteiger partial charge in [0, 0.05) is 12.1 Å². The van der Waals surface area contributed by atoms with Gasteiger partial charge in [0.1, 0.15) is 5.82 Å². The summed E-state index contributed by atoms with van der Waals surface area (Å²) in [5.41, 5.74) is 0.549. The van der Waals surface area contributed by atoms with Crippen molar-refractivity contribution in [3.8, 4) is 0 Å². The molecule has 126 valence electrons. The van der Waals surface area contributed by atoms with Gasteiger partial charge in [-0.1, -0.05) is 24.3 Å². The van der Waals surface area contributed by atoms with Crippen LogP contribution in [0.15, 0.2) is 36.4 Å². The highest BCUT2D eigenvalue weighted by Crippen LogP contribution is 2.27. The lowest BCUT2D eigenvalue weighted by atomic mass is 10.1. The minimum atomic E-state index is -4.67. The number of hydrogen-bond acceptors (Lipinski definition) is 4. The van der Waals surface area contributed by atoms with Crippen LogP contribution in [-0.4, -0.2) is 19.8 Å². The van der Waals surface area contributed by atoms with Crippen LogP contribution in [0, 0.1) is 0 Å². The molecule has 3 rings (SSSR count). The molecule has 1 aromatic carbocycles. The van der Waals surface area contributed by atoms with Crippen LogP contribution in [0.2, 0.25) is 0 Å². The van der Waals surface area contributed by atoms with E-state index >= 15 is 0 Å². The molecule has 1 N–H and O–H groups in total. The zero-order valence-corrected chi connectivity index (χ0v) is 11.9. The highest BCUT2D eigenvalue weighted by atomic mass is 19.4. The first-order valence-corrected chi connectivity index (χ1v) is 6.75. The molecule has 10 heteroatoms. The second-order valence-electron chi connectivity index (χ2n) is 4.91. The quantitative estimate of drug-likeness (QED) is 0.734. The van der Waals surface area contributed by atoms with Crippen molar-refractivity contribution in [3.63, 3.8) is 0 Å². The van der Waals surface area contributed by atoms with Gasteiger partial charge in [-0.2, -0.15) is 17.7 Å². The van der Waals surface area contributed by atoms with Crippen molar-refractivity contribution in [2.45, 2.75) is 19.1 Å². The molecule has 0 aliphatic carbocycles. The number of alkyl halides is 5. The number of aromatic nitrogens is 4. The molecule has 0 aliphatic heterocycles. The van der Waals surface area contributed by atoms with Gasteiger partial charge in [-0.05, 0) is 17.7 Å². The van der Waals surface area contributed by atoms with Crippen molar-refractivity contribution in [1.82, 2.24) is 19.8 Å². The van der Waals surface area contributed by atoms with E-state index in [1.807, 2.05) is 0 Å². The third-order valence-corrected chi connectivity index (χ3v) is 3.22. The van der Waals surface area contributed by atoms with Crippen molar-refractivity contribution in [1.29, 1.82) is 0 Å². The molecule has 0 atom stereocenters. The fraction of sp³-hybridized carbons (Fsp3) is 0.214. The molecule has 5 nitrogen and oxygen atoms in total. The Morgan fingerprint density at radius 2 is 1.71 bits per heavy atom. The van der Waals surface area contributed by atoms with E-state index in [0.717, 1.165) is 0 Å². The Balaban J connectivity index is 1.78. The molecular formula is C14H10F5N5. The van der Waals surface area contributed by atoms with E-state index < -0.39 is 18.4 Å². The molecule has 2 aromatic heterocycles. The van der Waals surface area contributed by atoms with Gasteiger partial charge >= 0.3 is 6.18 Å². The molecule has 0 aliphatic rings. The van der Waals surface area contributed by atoms with Crippen molar-refractivity contribution >= 4 is 11.5 Å². The summed E-state index contributed by atoms with van der Waals surface area (Å²) in [4.78, 5) is 0. The largest absolute Gasteiger partial charge is 0.453 e. The van der Waals surface area contributed by atoms with E-state index in [2.05, 4.69) is 20.6 Å². The summed E-state index contributed by atoms with van der Waals surface area (Å²) in [5, 5.41) is 13.1. The second kappa shape index (κ2) is 6.02. The molecule has 0 saturated heterocycles. The van der Waals surface area contributed by atoms with Crippen LogP contribution in [0.25, 0.3) is 5.65 Å². The first-order chi connectivity index (χ1) is 11.3. The van der Waals surface area contributed by atoms with E-state index in [1.165, 1.54) is 36.4 Å². The SMILES string of the molecule is FC(F)c1ccc(CNc2ccc3nnc(C(F)(F)F)n3n2)cc1. The maximum absolute atomic E-state index is 12.8. The number of nitrogens with zero attached hydrogens (tertiary/aromatic N) is 4. The van der Waals surface area contributed by atoms with Gasteiger partial charge in [0.15, 0.2) is 5.65 Å². The first kappa shape index (κ1) is 16.1. The number of halogens is 5. The Morgan fingerprint density at radius 3 is 2.33 bits per heavy atom. The Kier molecular flexibility index (Phi) is 4.04. The van der Waals surface area contributed by atoms with E-state index in [-0.39, 0.29) is 23.6 Å². The van der Waals surface area contributed by atoms with Crippen molar-refractivity contribution < 1.29 is 22.0 Å². The minimum Gasteiger partial charge on any atom is -0.365 e. The fourth-order valence-electron chi connectivity index (χ4n) is 2.03. The Labute approximate surface area is 132 Å². The van der Waals surface area contributed by atoms with E-state index in [0.29, 0.717) is 10.1 Å². The average molecular weight is 343 g/mol. The maximum atomic E-state index is 12.8. The Bertz CT molecular complexity index is 841. The lowest BCUT2D eigenvalue weighted by molar-refractivity contribution is -0.146. The Morgan fingerprint density at radius 1 is 1.00 bits per heavy atom. The van der Waals surface area contributed by atoms with Gasteiger partial charge in [0.2, 0.25) is 0 Å². The first-order valence-electron chi connectivity index (χ1n) is 6.75. The molecule has 0 unspecified atom stereocenters. The number of fused-ring (bicyclic) bond motifs is 1. The van der Waals surface area contributed by atoms with Crippen LogP contribution in [0.5, 0.6) is 0 Å². The zero-order chi connectivity index (χ0) is 17.3. The van der Waals surface area contributed by atoms with Crippen LogP contribution in [0.4, 0.5) is 27.8 Å². The third-order valence-electron chi connectivity index (χ3n) is 3.22. The Hall–Kier alpha value is -2.78. The summed E-state index contributed by atoms with van der Waals surface area (Å²) < 4.78 is 63.9. The molecule has 0 amide bonds. The topological polar surface area (TPSA) is 55.1 Å². The highest BCUT2D eigenvalue weighted by molar-refractivity contribution is 5.44. The molecule has 0 saturated carbocycles. The molecule has 0 spiro atoms. The second-order valence-corrected chi connectivity index (χ2v) is 4.91. The standard InChI is InChI=1S/C14H10F5N5/c15-12(16)9-3-1-8(2-4-9)7-20-10-5-6-11-21-22-13(14(17,18)19)24(11)23-10/h1-6,12H,7H2,(H,20,23). The number of benzene rings is 1. The van der Waals surface area contributed by atoms with Crippen LogP contribution >= 0.6 is 0 Å². The smallest absolute Gasteiger partial charge is 0.365 e. The summed E-state index contributed by atoms with van der Waals surface area (Å²) >= 11 is 0. The third kappa shape index (κ3) is 3.26. The maximum Gasteiger partial charge on any atom is 0.453 e. The van der Waals surface area contributed by atoms with E-state index in [4.69, 9.17) is 0 Å². The fourth-order valence-corrected chi connectivity index (χ4v) is 2.03. The van der Waals surface area contributed by atoms with Crippen LogP contribution < -0.4 is 5.32 Å². The van der Waals surface area contributed by atoms with Gasteiger partial charge in [-0.15, -0.1) is 15.3 Å². The van der Waals surface area contributed by atoms with E-state index in [1.54, 1.807) is 0 Å². The van der Waals surface area contributed by atoms with Crippen molar-refractivity contribution in [2.75, 3.05) is 5.32 Å². The van der Waals surface area contributed by atoms with Crippen LogP contribution in [0.3, 0.4) is 0 Å². The molecule has 0 radical (unpaired) electrons. The van der Waals surface area contributed by atoms with Gasteiger partial charge in [0.05, 0.1) is 0 Å². The molecule has 0 bridgehead atoms.